The van der Waals surface area contributed by atoms with Crippen LogP contribution in [-0.4, -0.2) is 32.6 Å². The predicted octanol–water partition coefficient (Wildman–Crippen LogP) is 4.45. The van der Waals surface area contributed by atoms with Gasteiger partial charge in [-0.15, -0.1) is 10.2 Å². The molecule has 0 unspecified atom stereocenters. The molecule has 1 aromatic heterocycles. The van der Waals surface area contributed by atoms with Crippen molar-refractivity contribution in [3.05, 3.63) is 96.1 Å². The van der Waals surface area contributed by atoms with Crippen LogP contribution in [0.1, 0.15) is 5.56 Å². The maximum Gasteiger partial charge on any atom is 0.250 e. The average Bonchev–Trinajstić information content (AvgIpc) is 3.25. The van der Waals surface area contributed by atoms with Crippen LogP contribution in [-0.2, 0) is 4.79 Å². The number of nitrogens with zero attached hydrogens (tertiary/aromatic N) is 4. The van der Waals surface area contributed by atoms with Gasteiger partial charge in [-0.05, 0) is 29.8 Å². The molecule has 0 spiro atoms. The van der Waals surface area contributed by atoms with Crippen molar-refractivity contribution in [3.63, 3.8) is 0 Å². The molecule has 0 aliphatic heterocycles. The molecule has 1 heterocycles. The van der Waals surface area contributed by atoms with Gasteiger partial charge in [-0.25, -0.2) is 14.2 Å². The molecule has 1 N–H and O–H groups in total. The van der Waals surface area contributed by atoms with Gasteiger partial charge in [-0.2, -0.15) is 5.10 Å². The molecule has 0 aliphatic rings. The number of nitrogens with one attached hydrogen (secondary N) is 1. The molecule has 3 aromatic carbocycles. The van der Waals surface area contributed by atoms with E-state index in [1.165, 1.54) is 24.0 Å². The minimum atomic E-state index is -0.981. The van der Waals surface area contributed by atoms with Crippen molar-refractivity contribution in [2.24, 2.45) is 5.10 Å². The van der Waals surface area contributed by atoms with E-state index in [0.717, 1.165) is 23.4 Å². The summed E-state index contributed by atoms with van der Waals surface area (Å²) in [6.45, 7) is 0. The second-order valence-electron chi connectivity index (χ2n) is 6.60. The fourth-order valence-corrected chi connectivity index (χ4v) is 3.63. The number of aromatic nitrogens is 3. The molecule has 6 nitrogen and oxygen atoms in total. The topological polar surface area (TPSA) is 72.2 Å². The van der Waals surface area contributed by atoms with E-state index in [4.69, 9.17) is 0 Å². The predicted molar refractivity (Wildman–Crippen MR) is 120 cm³/mol. The largest absolute Gasteiger partial charge is 0.272 e. The zero-order valence-electron chi connectivity index (χ0n) is 16.7. The molecule has 160 valence electrons. The Morgan fingerprint density at radius 3 is 2.41 bits per heavy atom. The second-order valence-corrected chi connectivity index (χ2v) is 7.54. The third kappa shape index (κ3) is 5.06. The van der Waals surface area contributed by atoms with Gasteiger partial charge in [0, 0.05) is 11.3 Å². The Morgan fingerprint density at radius 1 is 0.969 bits per heavy atom. The van der Waals surface area contributed by atoms with E-state index in [0.29, 0.717) is 16.5 Å². The first-order valence-electron chi connectivity index (χ1n) is 9.58. The molecule has 0 saturated carbocycles. The monoisotopic (exact) mass is 449 g/mol. The lowest BCUT2D eigenvalue weighted by atomic mass is 10.2. The van der Waals surface area contributed by atoms with Crippen LogP contribution in [0.2, 0.25) is 0 Å². The minimum absolute atomic E-state index is 0.0366. The van der Waals surface area contributed by atoms with E-state index in [-0.39, 0.29) is 11.7 Å². The summed E-state index contributed by atoms with van der Waals surface area (Å²) < 4.78 is 28.1. The number of hydrogen-bond acceptors (Lipinski definition) is 5. The van der Waals surface area contributed by atoms with E-state index in [2.05, 4.69) is 20.7 Å². The zero-order valence-corrected chi connectivity index (χ0v) is 17.5. The van der Waals surface area contributed by atoms with Gasteiger partial charge in [0.2, 0.25) is 0 Å². The Morgan fingerprint density at radius 2 is 1.69 bits per heavy atom. The van der Waals surface area contributed by atoms with Crippen LogP contribution in [0.4, 0.5) is 8.78 Å². The van der Waals surface area contributed by atoms with Gasteiger partial charge in [-0.1, -0.05) is 66.4 Å². The van der Waals surface area contributed by atoms with E-state index in [1.54, 1.807) is 0 Å². The van der Waals surface area contributed by atoms with Crippen molar-refractivity contribution < 1.29 is 13.6 Å². The molecule has 0 saturated heterocycles. The molecule has 0 atom stereocenters. The van der Waals surface area contributed by atoms with E-state index < -0.39 is 11.6 Å². The maximum absolute atomic E-state index is 13.2. The number of amides is 1. The summed E-state index contributed by atoms with van der Waals surface area (Å²) in [6, 6.07) is 22.6. The normalized spacial score (nSPS) is 11.1. The number of thioether (sulfide) groups is 1. The maximum atomic E-state index is 13.2. The first-order chi connectivity index (χ1) is 15.6. The SMILES string of the molecule is O=C(CSc1nnc(-c2ccccc2)n1-c1ccccc1)N/N=C/c1ccc(F)c(F)c1. The Hall–Kier alpha value is -3.85. The molecule has 0 bridgehead atoms. The van der Waals surface area contributed by atoms with E-state index in [1.807, 2.05) is 65.2 Å². The zero-order chi connectivity index (χ0) is 22.3. The summed E-state index contributed by atoms with van der Waals surface area (Å²) >= 11 is 1.21. The van der Waals surface area contributed by atoms with Crippen molar-refractivity contribution in [3.8, 4) is 17.1 Å². The molecular formula is C23H17F2N5OS. The Kier molecular flexibility index (Phi) is 6.66. The van der Waals surface area contributed by atoms with E-state index in [9.17, 15) is 13.6 Å². The molecule has 0 radical (unpaired) electrons. The van der Waals surface area contributed by atoms with Crippen molar-refractivity contribution in [1.29, 1.82) is 0 Å². The van der Waals surface area contributed by atoms with Gasteiger partial charge in [-0.3, -0.25) is 9.36 Å². The number of carbonyl (C=O) groups excluding carboxylic acids is 1. The van der Waals surface area contributed by atoms with Crippen LogP contribution >= 0.6 is 11.8 Å². The summed E-state index contributed by atoms with van der Waals surface area (Å²) in [5.41, 5.74) is 4.47. The second kappa shape index (κ2) is 9.97. The molecule has 0 aliphatic carbocycles. The Balaban J connectivity index is 1.47. The highest BCUT2D eigenvalue weighted by atomic mass is 32.2. The smallest absolute Gasteiger partial charge is 0.250 e. The van der Waals surface area contributed by atoms with Gasteiger partial charge in [0.25, 0.3) is 5.91 Å². The van der Waals surface area contributed by atoms with Gasteiger partial charge < -0.3 is 0 Å². The van der Waals surface area contributed by atoms with Crippen molar-refractivity contribution in [1.82, 2.24) is 20.2 Å². The van der Waals surface area contributed by atoms with Crippen molar-refractivity contribution in [2.75, 3.05) is 5.75 Å². The van der Waals surface area contributed by atoms with Gasteiger partial charge >= 0.3 is 0 Å². The number of benzene rings is 3. The summed E-state index contributed by atoms with van der Waals surface area (Å²) in [4.78, 5) is 12.2. The van der Waals surface area contributed by atoms with Gasteiger partial charge in [0.1, 0.15) is 0 Å². The highest BCUT2D eigenvalue weighted by Gasteiger charge is 2.17. The molecular weight excluding hydrogens is 432 g/mol. The fraction of sp³-hybridized carbons (Fsp3) is 0.0435. The average molecular weight is 449 g/mol. The number of rotatable bonds is 7. The quantitative estimate of drug-likeness (QED) is 0.257. The third-order valence-electron chi connectivity index (χ3n) is 4.36. The highest BCUT2D eigenvalue weighted by molar-refractivity contribution is 7.99. The van der Waals surface area contributed by atoms with Crippen molar-refractivity contribution >= 4 is 23.9 Å². The molecule has 4 rings (SSSR count). The molecule has 4 aromatic rings. The fourth-order valence-electron chi connectivity index (χ4n) is 2.88. The Bertz CT molecular complexity index is 1250. The molecule has 0 fully saturated rings. The van der Waals surface area contributed by atoms with Crippen LogP contribution in [0, 0.1) is 11.6 Å². The summed E-state index contributed by atoms with van der Waals surface area (Å²) in [6.07, 6.45) is 1.24. The first-order valence-corrected chi connectivity index (χ1v) is 10.6. The van der Waals surface area contributed by atoms with Crippen LogP contribution in [0.15, 0.2) is 89.1 Å². The third-order valence-corrected chi connectivity index (χ3v) is 5.29. The summed E-state index contributed by atoms with van der Waals surface area (Å²) in [5, 5.41) is 12.9. The standard InChI is InChI=1S/C23H17F2N5OS/c24-19-12-11-16(13-20(19)25)14-26-27-21(31)15-32-23-29-28-22(17-7-3-1-4-8-17)30(23)18-9-5-2-6-10-18/h1-14H,15H2,(H,27,31)/b26-14+. The lowest BCUT2D eigenvalue weighted by molar-refractivity contribution is -0.118. The number of hydrogen-bond donors (Lipinski definition) is 1. The molecule has 1 amide bonds. The number of halogens is 2. The van der Waals surface area contributed by atoms with Gasteiger partial charge in [0.15, 0.2) is 22.6 Å². The summed E-state index contributed by atoms with van der Waals surface area (Å²) in [7, 11) is 0. The van der Waals surface area contributed by atoms with Crippen LogP contribution in [0.5, 0.6) is 0 Å². The van der Waals surface area contributed by atoms with Crippen LogP contribution < -0.4 is 5.43 Å². The minimum Gasteiger partial charge on any atom is -0.272 e. The summed E-state index contributed by atoms with van der Waals surface area (Å²) in [5.74, 6) is -1.60. The highest BCUT2D eigenvalue weighted by Crippen LogP contribution is 2.27. The lowest BCUT2D eigenvalue weighted by Gasteiger charge is -2.10. The first kappa shape index (κ1) is 21.4. The molecule has 9 heteroatoms. The number of hydrazone groups is 1. The van der Waals surface area contributed by atoms with Crippen LogP contribution in [0.3, 0.4) is 0 Å². The van der Waals surface area contributed by atoms with Crippen molar-refractivity contribution in [2.45, 2.75) is 5.16 Å². The van der Waals surface area contributed by atoms with Gasteiger partial charge in [0.05, 0.1) is 12.0 Å². The van der Waals surface area contributed by atoms with E-state index >= 15 is 0 Å². The lowest BCUT2D eigenvalue weighted by Crippen LogP contribution is -2.20. The Labute approximate surface area is 187 Å². The van der Waals surface area contributed by atoms with Crippen LogP contribution in [0.25, 0.3) is 17.1 Å². The number of para-hydroxylation sites is 1. The number of carbonyl (C=O) groups is 1. The molecule has 32 heavy (non-hydrogen) atoms.